The predicted molar refractivity (Wildman–Crippen MR) is 131 cm³/mol. The summed E-state index contributed by atoms with van der Waals surface area (Å²) < 4.78 is 0. The Morgan fingerprint density at radius 3 is 1.38 bits per heavy atom. The Bertz CT molecular complexity index is 1010. The van der Waals surface area contributed by atoms with Gasteiger partial charge in [-0.15, -0.1) is 0 Å². The van der Waals surface area contributed by atoms with Crippen molar-refractivity contribution >= 4 is 33.1 Å². The second kappa shape index (κ2) is 7.79. The summed E-state index contributed by atoms with van der Waals surface area (Å²) in [5.41, 5.74) is 3.88. The number of hydrogen-bond acceptors (Lipinski definition) is 0. The molecule has 146 valence electrons. The van der Waals surface area contributed by atoms with Crippen molar-refractivity contribution < 1.29 is 0 Å². The van der Waals surface area contributed by atoms with Crippen molar-refractivity contribution in [3.63, 3.8) is 0 Å². The van der Waals surface area contributed by atoms with E-state index in [1.165, 1.54) is 32.6 Å². The molecule has 0 heterocycles. The third-order valence-electron chi connectivity index (χ3n) is 5.85. The number of halogens is 1. The molecule has 0 amide bonds. The molecule has 0 aliphatic carbocycles. The average molecular weight is 417 g/mol. The summed E-state index contributed by atoms with van der Waals surface area (Å²) in [6.45, 7) is 4.34. The van der Waals surface area contributed by atoms with Crippen molar-refractivity contribution in [3.8, 4) is 0 Å². The van der Waals surface area contributed by atoms with Gasteiger partial charge in [0.2, 0.25) is 0 Å². The van der Waals surface area contributed by atoms with Gasteiger partial charge in [0.1, 0.15) is 0 Å². The maximum absolute atomic E-state index is 8.15. The Labute approximate surface area is 178 Å². The molecular weight excluding hydrogens is 391 g/mol. The molecule has 29 heavy (non-hydrogen) atoms. The SMILES string of the molecule is Cc1ccc(CP(Cl)(c2ccccc2)(c2ccccc2)c2ccccc2)c(C)c1. The van der Waals surface area contributed by atoms with Crippen LogP contribution in [0.3, 0.4) is 0 Å². The minimum atomic E-state index is -3.26. The van der Waals surface area contributed by atoms with E-state index in [1.54, 1.807) is 0 Å². The fraction of sp³-hybridized carbons (Fsp3) is 0.111. The van der Waals surface area contributed by atoms with Gasteiger partial charge in [-0.25, -0.2) is 0 Å². The number of aryl methyl sites for hydroxylation is 2. The second-order valence-corrected chi connectivity index (χ2v) is 14.2. The molecule has 2 heteroatoms. The van der Waals surface area contributed by atoms with Crippen LogP contribution in [0.15, 0.2) is 109 Å². The molecule has 0 saturated carbocycles. The molecule has 0 atom stereocenters. The van der Waals surface area contributed by atoms with Gasteiger partial charge < -0.3 is 0 Å². The first-order valence-electron chi connectivity index (χ1n) is 9.98. The molecule has 0 saturated heterocycles. The van der Waals surface area contributed by atoms with Crippen molar-refractivity contribution in [1.82, 2.24) is 0 Å². The van der Waals surface area contributed by atoms with Gasteiger partial charge in [0.25, 0.3) is 0 Å². The van der Waals surface area contributed by atoms with Crippen LogP contribution in [0.4, 0.5) is 0 Å². The number of benzene rings is 4. The molecule has 0 fully saturated rings. The molecular formula is C27H26ClP. The third-order valence-corrected chi connectivity index (χ3v) is 13.0. The first-order chi connectivity index (χ1) is 14.0. The molecule has 0 aliphatic heterocycles. The van der Waals surface area contributed by atoms with E-state index in [1.807, 2.05) is 0 Å². The quantitative estimate of drug-likeness (QED) is 0.326. The van der Waals surface area contributed by atoms with Gasteiger partial charge in [-0.3, -0.25) is 0 Å². The molecule has 0 bridgehead atoms. The van der Waals surface area contributed by atoms with Crippen LogP contribution in [0.2, 0.25) is 0 Å². The van der Waals surface area contributed by atoms with Crippen molar-refractivity contribution in [2.75, 3.05) is 0 Å². The molecule has 4 aromatic carbocycles. The zero-order valence-electron chi connectivity index (χ0n) is 16.9. The normalized spacial score (nSPS) is 12.9. The van der Waals surface area contributed by atoms with Gasteiger partial charge in [0, 0.05) is 0 Å². The molecule has 0 aliphatic rings. The summed E-state index contributed by atoms with van der Waals surface area (Å²) in [4.78, 5) is 0. The molecule has 0 N–H and O–H groups in total. The summed E-state index contributed by atoms with van der Waals surface area (Å²) in [6, 6.07) is 38.7. The fourth-order valence-corrected chi connectivity index (χ4v) is 10.5. The van der Waals surface area contributed by atoms with Crippen LogP contribution < -0.4 is 15.9 Å². The monoisotopic (exact) mass is 416 g/mol. The Hall–Kier alpha value is -2.40. The van der Waals surface area contributed by atoms with Crippen LogP contribution in [0.5, 0.6) is 0 Å². The van der Waals surface area contributed by atoms with Gasteiger partial charge in [0.05, 0.1) is 0 Å². The van der Waals surface area contributed by atoms with Crippen LogP contribution in [0.1, 0.15) is 16.7 Å². The Morgan fingerprint density at radius 2 is 1.00 bits per heavy atom. The van der Waals surface area contributed by atoms with Crippen molar-refractivity contribution in [2.45, 2.75) is 20.0 Å². The number of hydrogen-bond donors (Lipinski definition) is 0. The molecule has 0 radical (unpaired) electrons. The Balaban J connectivity index is 2.09. The van der Waals surface area contributed by atoms with Crippen molar-refractivity contribution in [1.29, 1.82) is 0 Å². The van der Waals surface area contributed by atoms with Gasteiger partial charge >= 0.3 is 179 Å². The van der Waals surface area contributed by atoms with Crippen LogP contribution in [0.25, 0.3) is 0 Å². The van der Waals surface area contributed by atoms with E-state index in [4.69, 9.17) is 11.2 Å². The van der Waals surface area contributed by atoms with Gasteiger partial charge in [-0.2, -0.15) is 0 Å². The summed E-state index contributed by atoms with van der Waals surface area (Å²) >= 11 is 8.15. The predicted octanol–water partition coefficient (Wildman–Crippen LogP) is 6.49. The van der Waals surface area contributed by atoms with E-state index in [9.17, 15) is 0 Å². The van der Waals surface area contributed by atoms with E-state index in [-0.39, 0.29) is 0 Å². The standard InChI is InChI=1S/C27H26ClP/c1-22-18-19-24(23(2)20-22)21-29(28,25-12-6-3-7-13-25,26-14-8-4-9-15-26)27-16-10-5-11-17-27/h3-20H,21H2,1-2H3. The van der Waals surface area contributed by atoms with Crippen molar-refractivity contribution in [3.05, 3.63) is 126 Å². The second-order valence-electron chi connectivity index (χ2n) is 7.78. The van der Waals surface area contributed by atoms with Crippen LogP contribution in [0, 0.1) is 13.8 Å². The molecule has 0 unspecified atom stereocenters. The Morgan fingerprint density at radius 1 is 0.586 bits per heavy atom. The molecule has 4 rings (SSSR count). The summed E-state index contributed by atoms with van der Waals surface area (Å²) in [6.07, 6.45) is 0.789. The molecule has 0 aromatic heterocycles. The first-order valence-corrected chi connectivity index (χ1v) is 13.3. The third kappa shape index (κ3) is 3.42. The van der Waals surface area contributed by atoms with E-state index >= 15 is 0 Å². The van der Waals surface area contributed by atoms with E-state index in [2.05, 4.69) is 123 Å². The fourth-order valence-electron chi connectivity index (χ4n) is 4.28. The van der Waals surface area contributed by atoms with Crippen LogP contribution in [-0.4, -0.2) is 0 Å². The molecule has 0 spiro atoms. The topological polar surface area (TPSA) is 0 Å². The van der Waals surface area contributed by atoms with Gasteiger partial charge in [-0.05, 0) is 0 Å². The Kier molecular flexibility index (Phi) is 5.34. The molecule has 4 aromatic rings. The summed E-state index contributed by atoms with van der Waals surface area (Å²) in [7, 11) is 0. The van der Waals surface area contributed by atoms with E-state index < -0.39 is 5.96 Å². The van der Waals surface area contributed by atoms with Gasteiger partial charge in [-0.1, -0.05) is 0 Å². The number of rotatable bonds is 5. The summed E-state index contributed by atoms with van der Waals surface area (Å²) in [5, 5.41) is 3.62. The maximum atomic E-state index is 8.15. The van der Waals surface area contributed by atoms with Crippen molar-refractivity contribution in [2.24, 2.45) is 0 Å². The van der Waals surface area contributed by atoms with E-state index in [0.717, 1.165) is 6.16 Å². The molecule has 0 nitrogen and oxygen atoms in total. The average Bonchev–Trinajstić information content (AvgIpc) is 2.78. The van der Waals surface area contributed by atoms with Crippen LogP contribution in [-0.2, 0) is 6.16 Å². The zero-order chi connectivity index (χ0) is 20.3. The van der Waals surface area contributed by atoms with Crippen LogP contribution >= 0.6 is 17.2 Å². The minimum absolute atomic E-state index is 0.789. The zero-order valence-corrected chi connectivity index (χ0v) is 18.6. The van der Waals surface area contributed by atoms with Gasteiger partial charge in [0.15, 0.2) is 0 Å². The first kappa shape index (κ1) is 19.9. The summed E-state index contributed by atoms with van der Waals surface area (Å²) in [5.74, 6) is -3.26. The van der Waals surface area contributed by atoms with E-state index in [0.29, 0.717) is 0 Å².